The number of nitrogens with one attached hydrogen (secondary N) is 1. The van der Waals surface area contributed by atoms with Crippen molar-refractivity contribution in [3.63, 3.8) is 0 Å². The molecule has 0 aliphatic carbocycles. The number of anilines is 1. The van der Waals surface area contributed by atoms with Gasteiger partial charge in [-0.3, -0.25) is 9.36 Å². The van der Waals surface area contributed by atoms with Crippen molar-refractivity contribution in [1.29, 1.82) is 0 Å². The number of nitrogens with zero attached hydrogens (tertiary/aromatic N) is 6. The molecule has 5 rings (SSSR count). The average Bonchev–Trinajstić information content (AvgIpc) is 3.22. The second-order valence-corrected chi connectivity index (χ2v) is 6.11. The molecular weight excluding hydrogens is 318 g/mol. The maximum Gasteiger partial charge on any atom is 0.300 e. The highest BCUT2D eigenvalue weighted by atomic mass is 16.1. The van der Waals surface area contributed by atoms with Crippen LogP contribution in [0.1, 0.15) is 11.5 Å². The number of aromatic nitrogens is 6. The van der Waals surface area contributed by atoms with E-state index in [0.29, 0.717) is 29.5 Å². The second kappa shape index (κ2) is 5.10. The zero-order valence-corrected chi connectivity index (χ0v) is 13.6. The van der Waals surface area contributed by atoms with Crippen LogP contribution in [0.5, 0.6) is 0 Å². The van der Waals surface area contributed by atoms with Crippen LogP contribution in [-0.2, 0) is 13.1 Å². The summed E-state index contributed by atoms with van der Waals surface area (Å²) < 4.78 is 3.71. The normalized spacial score (nSPS) is 13.3. The number of imidazole rings is 1. The highest BCUT2D eigenvalue weighted by Crippen LogP contribution is 2.19. The van der Waals surface area contributed by atoms with Crippen LogP contribution in [0, 0.1) is 6.92 Å². The molecule has 1 N–H and O–H groups in total. The molecule has 25 heavy (non-hydrogen) atoms. The van der Waals surface area contributed by atoms with Gasteiger partial charge in [-0.2, -0.15) is 4.98 Å². The summed E-state index contributed by atoms with van der Waals surface area (Å²) in [5.74, 6) is 1.24. The van der Waals surface area contributed by atoms with Crippen molar-refractivity contribution >= 4 is 28.0 Å². The molecule has 0 atom stereocenters. The number of benzene rings is 1. The Balaban J connectivity index is 1.65. The highest BCUT2D eigenvalue weighted by molar-refractivity contribution is 5.80. The minimum Gasteiger partial charge on any atom is -0.354 e. The predicted molar refractivity (Wildman–Crippen MR) is 93.7 cm³/mol. The average molecular weight is 333 g/mol. The van der Waals surface area contributed by atoms with Crippen LogP contribution in [0.2, 0.25) is 0 Å². The quantitative estimate of drug-likeness (QED) is 0.595. The minimum absolute atomic E-state index is 0.286. The van der Waals surface area contributed by atoms with Crippen LogP contribution < -0.4 is 10.9 Å². The second-order valence-electron chi connectivity index (χ2n) is 6.11. The lowest BCUT2D eigenvalue weighted by molar-refractivity contribution is 0.761. The van der Waals surface area contributed by atoms with Gasteiger partial charge in [-0.15, -0.1) is 0 Å². The van der Waals surface area contributed by atoms with E-state index in [4.69, 9.17) is 0 Å². The Bertz CT molecular complexity index is 1190. The van der Waals surface area contributed by atoms with Gasteiger partial charge in [0.2, 0.25) is 5.95 Å². The molecule has 8 heteroatoms. The molecule has 8 nitrogen and oxygen atoms in total. The van der Waals surface area contributed by atoms with E-state index < -0.39 is 0 Å². The largest absolute Gasteiger partial charge is 0.354 e. The molecule has 1 aliphatic heterocycles. The van der Waals surface area contributed by atoms with Crippen molar-refractivity contribution < 1.29 is 0 Å². The summed E-state index contributed by atoms with van der Waals surface area (Å²) in [6.07, 6.45) is 1.66. The van der Waals surface area contributed by atoms with E-state index in [9.17, 15) is 4.79 Å². The molecule has 3 aromatic heterocycles. The molecule has 0 radical (unpaired) electrons. The fourth-order valence-electron chi connectivity index (χ4n) is 3.36. The Hall–Kier alpha value is -3.29. The lowest BCUT2D eigenvalue weighted by atomic mass is 10.2. The van der Waals surface area contributed by atoms with Crippen LogP contribution in [0.3, 0.4) is 0 Å². The van der Waals surface area contributed by atoms with E-state index in [1.165, 1.54) is 0 Å². The van der Waals surface area contributed by atoms with E-state index in [0.717, 1.165) is 29.7 Å². The van der Waals surface area contributed by atoms with Crippen molar-refractivity contribution in [3.8, 4) is 0 Å². The summed E-state index contributed by atoms with van der Waals surface area (Å²) in [6.45, 7) is 3.85. The number of fused-ring (bicyclic) bond motifs is 4. The first-order valence-electron chi connectivity index (χ1n) is 8.12. The van der Waals surface area contributed by atoms with Crippen molar-refractivity contribution in [2.45, 2.75) is 20.0 Å². The van der Waals surface area contributed by atoms with Crippen LogP contribution in [0.15, 0.2) is 35.4 Å². The fourth-order valence-corrected chi connectivity index (χ4v) is 3.36. The van der Waals surface area contributed by atoms with Gasteiger partial charge in [0.1, 0.15) is 5.82 Å². The molecule has 1 aromatic carbocycles. The molecule has 0 spiro atoms. The van der Waals surface area contributed by atoms with Crippen molar-refractivity contribution in [2.75, 3.05) is 11.9 Å². The lowest BCUT2D eigenvalue weighted by Gasteiger charge is -2.07. The molecule has 0 amide bonds. The number of hydrogen-bond donors (Lipinski definition) is 1. The van der Waals surface area contributed by atoms with Crippen molar-refractivity contribution in [1.82, 2.24) is 29.1 Å². The molecule has 1 aliphatic rings. The SMILES string of the molecule is Cc1nc(Cn2cnc3c2c(=O)nc2n3CCN2)nc2ccccc12. The first-order chi connectivity index (χ1) is 12.2. The molecular formula is C17H15N7O. The first-order valence-corrected chi connectivity index (χ1v) is 8.12. The summed E-state index contributed by atoms with van der Waals surface area (Å²) in [7, 11) is 0. The van der Waals surface area contributed by atoms with Crippen molar-refractivity contribution in [3.05, 3.63) is 52.5 Å². The van der Waals surface area contributed by atoms with E-state index >= 15 is 0 Å². The van der Waals surface area contributed by atoms with Gasteiger partial charge >= 0.3 is 5.56 Å². The Kier molecular flexibility index (Phi) is 2.87. The van der Waals surface area contributed by atoms with Gasteiger partial charge in [0, 0.05) is 24.2 Å². The van der Waals surface area contributed by atoms with Gasteiger partial charge in [-0.1, -0.05) is 18.2 Å². The molecule has 124 valence electrons. The highest BCUT2D eigenvalue weighted by Gasteiger charge is 2.19. The summed E-state index contributed by atoms with van der Waals surface area (Å²) in [5.41, 5.74) is 2.67. The molecule has 4 heterocycles. The Morgan fingerprint density at radius 2 is 2.08 bits per heavy atom. The third-order valence-corrected chi connectivity index (χ3v) is 4.51. The van der Waals surface area contributed by atoms with Crippen LogP contribution >= 0.6 is 0 Å². The molecule has 4 aromatic rings. The smallest absolute Gasteiger partial charge is 0.300 e. The van der Waals surface area contributed by atoms with E-state index in [2.05, 4.69) is 25.3 Å². The minimum atomic E-state index is -0.286. The standard InChI is InChI=1S/C17H15N7O/c1-10-11-4-2-3-5-12(11)21-13(20-10)8-23-9-19-15-14(23)16(25)22-17-18-6-7-24(15)17/h2-5,9H,6-8H2,1H3,(H,18,22,25). The molecule has 0 saturated heterocycles. The van der Waals surface area contributed by atoms with Crippen LogP contribution in [0.25, 0.3) is 22.1 Å². The number of para-hydroxylation sites is 1. The van der Waals surface area contributed by atoms with Gasteiger partial charge < -0.3 is 9.88 Å². The summed E-state index contributed by atoms with van der Waals surface area (Å²) >= 11 is 0. The third-order valence-electron chi connectivity index (χ3n) is 4.51. The Morgan fingerprint density at radius 1 is 1.20 bits per heavy atom. The van der Waals surface area contributed by atoms with Gasteiger partial charge in [0.15, 0.2) is 11.2 Å². The van der Waals surface area contributed by atoms with Crippen LogP contribution in [-0.4, -0.2) is 35.6 Å². The Morgan fingerprint density at radius 3 is 3.00 bits per heavy atom. The maximum atomic E-state index is 12.4. The lowest BCUT2D eigenvalue weighted by Crippen LogP contribution is -2.16. The summed E-state index contributed by atoms with van der Waals surface area (Å²) in [4.78, 5) is 30.2. The Labute approximate surface area is 142 Å². The van der Waals surface area contributed by atoms with Gasteiger partial charge in [0.25, 0.3) is 0 Å². The van der Waals surface area contributed by atoms with Crippen LogP contribution in [0.4, 0.5) is 5.95 Å². The zero-order valence-electron chi connectivity index (χ0n) is 13.6. The van der Waals surface area contributed by atoms with E-state index in [1.54, 1.807) is 10.9 Å². The van der Waals surface area contributed by atoms with Gasteiger partial charge in [0.05, 0.1) is 18.4 Å². The fraction of sp³-hybridized carbons (Fsp3) is 0.235. The maximum absolute atomic E-state index is 12.4. The third kappa shape index (κ3) is 2.10. The topological polar surface area (TPSA) is 90.5 Å². The molecule has 0 bridgehead atoms. The summed E-state index contributed by atoms with van der Waals surface area (Å²) in [5, 5.41) is 4.13. The van der Waals surface area contributed by atoms with Gasteiger partial charge in [-0.05, 0) is 13.0 Å². The summed E-state index contributed by atoms with van der Waals surface area (Å²) in [6, 6.07) is 7.91. The van der Waals surface area contributed by atoms with Gasteiger partial charge in [-0.25, -0.2) is 15.0 Å². The number of rotatable bonds is 2. The molecule has 0 saturated carbocycles. The number of aryl methyl sites for hydroxylation is 1. The molecule has 0 fully saturated rings. The van der Waals surface area contributed by atoms with E-state index in [1.807, 2.05) is 35.8 Å². The van der Waals surface area contributed by atoms with Crippen molar-refractivity contribution in [2.24, 2.45) is 0 Å². The monoisotopic (exact) mass is 333 g/mol. The molecule has 0 unspecified atom stereocenters. The zero-order chi connectivity index (χ0) is 17.0. The number of hydrogen-bond acceptors (Lipinski definition) is 6. The van der Waals surface area contributed by atoms with E-state index in [-0.39, 0.29) is 5.56 Å². The first kappa shape index (κ1) is 14.1. The predicted octanol–water partition coefficient (Wildman–Crippen LogP) is 1.32.